The number of nitrogens with two attached hydrogens (primary N) is 1. The molecule has 1 saturated heterocycles. The number of para-hydroxylation sites is 1. The molecule has 1 aromatic rings. The minimum atomic E-state index is -0.987. The van der Waals surface area contributed by atoms with Crippen LogP contribution in [0.15, 0.2) is 18.2 Å². The van der Waals surface area contributed by atoms with Crippen LogP contribution in [0, 0.1) is 5.92 Å². The lowest BCUT2D eigenvalue weighted by molar-refractivity contribution is 0.0685. The predicted octanol–water partition coefficient (Wildman–Crippen LogP) is 1.83. The summed E-state index contributed by atoms with van der Waals surface area (Å²) in [7, 11) is 1.95. The van der Waals surface area contributed by atoms with Gasteiger partial charge in [-0.2, -0.15) is 0 Å². The molecule has 0 atom stereocenters. The zero-order valence-electron chi connectivity index (χ0n) is 11.1. The second-order valence-corrected chi connectivity index (χ2v) is 4.98. The van der Waals surface area contributed by atoms with Crippen molar-refractivity contribution in [1.82, 2.24) is 0 Å². The molecule has 1 aliphatic heterocycles. The Bertz CT molecular complexity index is 456. The van der Waals surface area contributed by atoms with Gasteiger partial charge in [0.15, 0.2) is 0 Å². The highest BCUT2D eigenvalue weighted by atomic mass is 16.5. The molecule has 1 heterocycles. The summed E-state index contributed by atoms with van der Waals surface area (Å²) in [6.45, 7) is 2.49. The Labute approximate surface area is 113 Å². The van der Waals surface area contributed by atoms with Gasteiger partial charge in [-0.25, -0.2) is 4.79 Å². The van der Waals surface area contributed by atoms with Crippen molar-refractivity contribution in [2.45, 2.75) is 12.8 Å². The third-order valence-electron chi connectivity index (χ3n) is 3.60. The molecule has 19 heavy (non-hydrogen) atoms. The van der Waals surface area contributed by atoms with Gasteiger partial charge >= 0.3 is 5.97 Å². The summed E-state index contributed by atoms with van der Waals surface area (Å²) in [5, 5.41) is 9.08. The van der Waals surface area contributed by atoms with Gasteiger partial charge in [0.05, 0.1) is 16.9 Å². The van der Waals surface area contributed by atoms with Gasteiger partial charge in [0, 0.05) is 26.8 Å². The smallest absolute Gasteiger partial charge is 0.337 e. The minimum Gasteiger partial charge on any atom is -0.478 e. The molecule has 0 aliphatic carbocycles. The first-order valence-corrected chi connectivity index (χ1v) is 6.50. The lowest BCUT2D eigenvalue weighted by Gasteiger charge is -2.29. The summed E-state index contributed by atoms with van der Waals surface area (Å²) in [5.41, 5.74) is 7.23. The van der Waals surface area contributed by atoms with Gasteiger partial charge in [0.25, 0.3) is 0 Å². The summed E-state index contributed by atoms with van der Waals surface area (Å²) < 4.78 is 5.34. The van der Waals surface area contributed by atoms with Crippen molar-refractivity contribution < 1.29 is 14.6 Å². The average Bonchev–Trinajstić information content (AvgIpc) is 2.39. The number of carbonyl (C=O) groups is 1. The van der Waals surface area contributed by atoms with Crippen molar-refractivity contribution in [1.29, 1.82) is 0 Å². The van der Waals surface area contributed by atoms with Crippen LogP contribution in [0.1, 0.15) is 23.2 Å². The third-order valence-corrected chi connectivity index (χ3v) is 3.60. The molecule has 0 radical (unpaired) electrons. The molecule has 0 aromatic heterocycles. The largest absolute Gasteiger partial charge is 0.478 e. The van der Waals surface area contributed by atoms with E-state index in [4.69, 9.17) is 15.6 Å². The zero-order valence-corrected chi connectivity index (χ0v) is 11.1. The third kappa shape index (κ3) is 3.17. The standard InChI is InChI=1S/C14H20N2O3/c1-16(9-10-5-7-19-8-6-10)12-4-2-3-11(13(12)15)14(17)18/h2-4,10H,5-9,15H2,1H3,(H,17,18). The van der Waals surface area contributed by atoms with E-state index in [9.17, 15) is 4.79 Å². The number of anilines is 2. The summed E-state index contributed by atoms with van der Waals surface area (Å²) in [4.78, 5) is 13.1. The number of benzene rings is 1. The number of carboxylic acids is 1. The Morgan fingerprint density at radius 1 is 1.47 bits per heavy atom. The minimum absolute atomic E-state index is 0.163. The van der Waals surface area contributed by atoms with Gasteiger partial charge in [-0.3, -0.25) is 0 Å². The normalized spacial score (nSPS) is 16.3. The van der Waals surface area contributed by atoms with Crippen LogP contribution in [0.4, 0.5) is 11.4 Å². The van der Waals surface area contributed by atoms with Crippen LogP contribution in [0.2, 0.25) is 0 Å². The van der Waals surface area contributed by atoms with E-state index >= 15 is 0 Å². The van der Waals surface area contributed by atoms with Crippen LogP contribution in [-0.2, 0) is 4.74 Å². The quantitative estimate of drug-likeness (QED) is 0.811. The Hall–Kier alpha value is -1.75. The number of ether oxygens (including phenoxy) is 1. The SMILES string of the molecule is CN(CC1CCOCC1)c1cccc(C(=O)O)c1N. The Morgan fingerprint density at radius 3 is 2.79 bits per heavy atom. The molecule has 2 rings (SSSR count). The van der Waals surface area contributed by atoms with E-state index < -0.39 is 5.97 Å². The topological polar surface area (TPSA) is 75.8 Å². The molecular formula is C14H20N2O3. The van der Waals surface area contributed by atoms with Crippen molar-refractivity contribution in [3.8, 4) is 0 Å². The highest BCUT2D eigenvalue weighted by molar-refractivity contribution is 5.97. The highest BCUT2D eigenvalue weighted by Crippen LogP contribution is 2.27. The first-order valence-electron chi connectivity index (χ1n) is 6.50. The molecule has 0 spiro atoms. The van der Waals surface area contributed by atoms with Crippen molar-refractivity contribution in [3.05, 3.63) is 23.8 Å². The van der Waals surface area contributed by atoms with Gasteiger partial charge < -0.3 is 20.5 Å². The molecule has 1 aromatic carbocycles. The van der Waals surface area contributed by atoms with Crippen LogP contribution in [-0.4, -0.2) is 37.9 Å². The van der Waals surface area contributed by atoms with Crippen LogP contribution >= 0.6 is 0 Å². The number of hydrogen-bond donors (Lipinski definition) is 2. The van der Waals surface area contributed by atoms with Gasteiger partial charge in [0.1, 0.15) is 0 Å². The molecule has 1 fully saturated rings. The lowest BCUT2D eigenvalue weighted by atomic mass is 9.99. The molecule has 1 aliphatic rings. The molecule has 3 N–H and O–H groups in total. The van der Waals surface area contributed by atoms with Gasteiger partial charge in [-0.05, 0) is 30.9 Å². The Kier molecular flexibility index (Phi) is 4.27. The molecular weight excluding hydrogens is 244 g/mol. The van der Waals surface area contributed by atoms with E-state index in [0.29, 0.717) is 11.6 Å². The first kappa shape index (κ1) is 13.7. The maximum atomic E-state index is 11.1. The molecule has 0 saturated carbocycles. The summed E-state index contributed by atoms with van der Waals surface area (Å²) >= 11 is 0. The molecule has 0 amide bonds. The van der Waals surface area contributed by atoms with Crippen molar-refractivity contribution >= 4 is 17.3 Å². The van der Waals surface area contributed by atoms with Crippen molar-refractivity contribution in [2.24, 2.45) is 5.92 Å². The second kappa shape index (κ2) is 5.93. The summed E-state index contributed by atoms with van der Waals surface area (Å²) in [6.07, 6.45) is 2.09. The number of nitrogens with zero attached hydrogens (tertiary/aromatic N) is 1. The fourth-order valence-electron chi connectivity index (χ4n) is 2.49. The maximum Gasteiger partial charge on any atom is 0.337 e. The molecule has 104 valence electrons. The molecule has 5 nitrogen and oxygen atoms in total. The first-order chi connectivity index (χ1) is 9.09. The number of nitrogen functional groups attached to an aromatic ring is 1. The number of carboxylic acid groups (broad SMARTS) is 1. The van der Waals surface area contributed by atoms with Crippen molar-refractivity contribution in [2.75, 3.05) is 37.4 Å². The lowest BCUT2D eigenvalue weighted by Crippen LogP contribution is -2.30. The molecule has 0 unspecified atom stereocenters. The van der Waals surface area contributed by atoms with Crippen LogP contribution in [0.5, 0.6) is 0 Å². The number of hydrogen-bond acceptors (Lipinski definition) is 4. The van der Waals surface area contributed by atoms with Gasteiger partial charge in [0.2, 0.25) is 0 Å². The van der Waals surface area contributed by atoms with Crippen LogP contribution < -0.4 is 10.6 Å². The zero-order chi connectivity index (χ0) is 13.8. The fourth-order valence-corrected chi connectivity index (χ4v) is 2.49. The van der Waals surface area contributed by atoms with Crippen molar-refractivity contribution in [3.63, 3.8) is 0 Å². The van der Waals surface area contributed by atoms with E-state index in [1.165, 1.54) is 6.07 Å². The second-order valence-electron chi connectivity index (χ2n) is 4.98. The Balaban J connectivity index is 2.12. The number of aromatic carboxylic acids is 1. The fraction of sp³-hybridized carbons (Fsp3) is 0.500. The van der Waals surface area contributed by atoms with Crippen LogP contribution in [0.25, 0.3) is 0 Å². The van der Waals surface area contributed by atoms with E-state index in [2.05, 4.69) is 0 Å². The van der Waals surface area contributed by atoms with E-state index in [-0.39, 0.29) is 5.56 Å². The Morgan fingerprint density at radius 2 is 2.16 bits per heavy atom. The van der Waals surface area contributed by atoms with Crippen LogP contribution in [0.3, 0.4) is 0 Å². The van der Waals surface area contributed by atoms with E-state index in [1.54, 1.807) is 6.07 Å². The predicted molar refractivity (Wildman–Crippen MR) is 74.6 cm³/mol. The average molecular weight is 264 g/mol. The maximum absolute atomic E-state index is 11.1. The molecule has 5 heteroatoms. The highest BCUT2D eigenvalue weighted by Gasteiger charge is 2.18. The number of rotatable bonds is 4. The van der Waals surface area contributed by atoms with E-state index in [1.807, 2.05) is 18.0 Å². The van der Waals surface area contributed by atoms with E-state index in [0.717, 1.165) is 38.3 Å². The van der Waals surface area contributed by atoms with Gasteiger partial charge in [-0.1, -0.05) is 6.07 Å². The monoisotopic (exact) mass is 264 g/mol. The molecule has 0 bridgehead atoms. The summed E-state index contributed by atoms with van der Waals surface area (Å²) in [6, 6.07) is 5.13. The summed E-state index contributed by atoms with van der Waals surface area (Å²) in [5.74, 6) is -0.412. The van der Waals surface area contributed by atoms with Gasteiger partial charge in [-0.15, -0.1) is 0 Å².